The summed E-state index contributed by atoms with van der Waals surface area (Å²) in [6.07, 6.45) is 0. The monoisotopic (exact) mass is 383 g/mol. The molecule has 2 N–H and O–H groups in total. The number of carbonyl (C=O) groups is 1. The van der Waals surface area contributed by atoms with Crippen LogP contribution in [0, 0.1) is 18.6 Å². The van der Waals surface area contributed by atoms with Crippen LogP contribution >= 0.6 is 0 Å². The van der Waals surface area contributed by atoms with Gasteiger partial charge in [-0.05, 0) is 49.4 Å². The molecular formula is C20H19F2N5O. The number of hydrogen-bond acceptors (Lipinski definition) is 5. The third kappa shape index (κ3) is 4.59. The Bertz CT molecular complexity index is 1010. The molecule has 0 aliphatic heterocycles. The quantitative estimate of drug-likeness (QED) is 0.693. The Balaban J connectivity index is 1.78. The Kier molecular flexibility index (Phi) is 5.49. The number of hydrogen-bond donors (Lipinski definition) is 2. The van der Waals surface area contributed by atoms with Crippen molar-refractivity contribution in [3.8, 4) is 0 Å². The molecule has 0 aliphatic carbocycles. The summed E-state index contributed by atoms with van der Waals surface area (Å²) >= 11 is 0. The maximum atomic E-state index is 13.4. The van der Waals surface area contributed by atoms with Gasteiger partial charge in [0, 0.05) is 42.9 Å². The second-order valence-corrected chi connectivity index (χ2v) is 6.37. The highest BCUT2D eigenvalue weighted by Crippen LogP contribution is 2.19. The number of carbonyl (C=O) groups excluding carboxylic acids is 1. The first-order valence-corrected chi connectivity index (χ1v) is 8.48. The van der Waals surface area contributed by atoms with Crippen LogP contribution in [0.2, 0.25) is 0 Å². The second kappa shape index (κ2) is 7.99. The third-order valence-electron chi connectivity index (χ3n) is 3.90. The predicted octanol–water partition coefficient (Wildman–Crippen LogP) is 4.13. The molecule has 3 rings (SSSR count). The number of halogens is 2. The molecule has 1 amide bonds. The zero-order valence-electron chi connectivity index (χ0n) is 15.6. The summed E-state index contributed by atoms with van der Waals surface area (Å²) < 4.78 is 26.4. The van der Waals surface area contributed by atoms with Gasteiger partial charge in [0.25, 0.3) is 5.91 Å². The van der Waals surface area contributed by atoms with Crippen molar-refractivity contribution in [1.82, 2.24) is 9.97 Å². The van der Waals surface area contributed by atoms with E-state index < -0.39 is 17.5 Å². The molecule has 0 spiro atoms. The van der Waals surface area contributed by atoms with E-state index in [0.29, 0.717) is 11.4 Å². The van der Waals surface area contributed by atoms with Crippen LogP contribution in [0.25, 0.3) is 0 Å². The van der Waals surface area contributed by atoms with Crippen LogP contribution < -0.4 is 15.5 Å². The summed E-state index contributed by atoms with van der Waals surface area (Å²) in [6, 6.07) is 12.2. The lowest BCUT2D eigenvalue weighted by Gasteiger charge is -2.13. The summed E-state index contributed by atoms with van der Waals surface area (Å²) in [6.45, 7) is 1.71. The fraction of sp³-hybridized carbons (Fsp3) is 0.150. The van der Waals surface area contributed by atoms with Crippen molar-refractivity contribution < 1.29 is 13.6 Å². The Morgan fingerprint density at radius 2 is 1.61 bits per heavy atom. The van der Waals surface area contributed by atoms with Crippen LogP contribution in [0.3, 0.4) is 0 Å². The molecule has 0 saturated heterocycles. The molecule has 3 aromatic rings. The number of amides is 1. The number of rotatable bonds is 5. The van der Waals surface area contributed by atoms with E-state index in [4.69, 9.17) is 0 Å². The van der Waals surface area contributed by atoms with E-state index in [1.165, 1.54) is 6.07 Å². The van der Waals surface area contributed by atoms with Crippen molar-refractivity contribution in [3.05, 3.63) is 71.6 Å². The van der Waals surface area contributed by atoms with E-state index in [-0.39, 0.29) is 17.3 Å². The third-order valence-corrected chi connectivity index (χ3v) is 3.90. The molecule has 1 heterocycles. The lowest BCUT2D eigenvalue weighted by atomic mass is 10.2. The lowest BCUT2D eigenvalue weighted by Crippen LogP contribution is -2.16. The largest absolute Gasteiger partial charge is 0.378 e. The van der Waals surface area contributed by atoms with Gasteiger partial charge in [0.15, 0.2) is 11.6 Å². The molecule has 8 heteroatoms. The summed E-state index contributed by atoms with van der Waals surface area (Å²) in [4.78, 5) is 22.8. The van der Waals surface area contributed by atoms with E-state index in [9.17, 15) is 13.6 Å². The Hall–Kier alpha value is -3.55. The molecule has 0 atom stereocenters. The van der Waals surface area contributed by atoms with Gasteiger partial charge in [-0.15, -0.1) is 0 Å². The van der Waals surface area contributed by atoms with Crippen LogP contribution in [-0.2, 0) is 0 Å². The first-order chi connectivity index (χ1) is 13.3. The molecule has 0 bridgehead atoms. The Morgan fingerprint density at radius 1 is 0.929 bits per heavy atom. The minimum absolute atomic E-state index is 0.110. The zero-order valence-corrected chi connectivity index (χ0v) is 15.6. The van der Waals surface area contributed by atoms with Crippen molar-refractivity contribution in [2.75, 3.05) is 29.6 Å². The number of anilines is 4. The van der Waals surface area contributed by atoms with Gasteiger partial charge in [-0.2, -0.15) is 0 Å². The van der Waals surface area contributed by atoms with Gasteiger partial charge < -0.3 is 15.5 Å². The fourth-order valence-electron chi connectivity index (χ4n) is 2.48. The average Bonchev–Trinajstić information content (AvgIpc) is 2.64. The van der Waals surface area contributed by atoms with E-state index in [1.54, 1.807) is 25.1 Å². The molecule has 0 aliphatic rings. The highest BCUT2D eigenvalue weighted by atomic mass is 19.2. The molecule has 2 aromatic carbocycles. The molecule has 144 valence electrons. The maximum absolute atomic E-state index is 13.4. The molecule has 0 fully saturated rings. The van der Waals surface area contributed by atoms with Crippen molar-refractivity contribution in [2.24, 2.45) is 0 Å². The van der Waals surface area contributed by atoms with E-state index in [2.05, 4.69) is 20.6 Å². The lowest BCUT2D eigenvalue weighted by molar-refractivity contribution is 0.102. The summed E-state index contributed by atoms with van der Waals surface area (Å²) in [7, 11) is 3.86. The minimum Gasteiger partial charge on any atom is -0.378 e. The van der Waals surface area contributed by atoms with Crippen LogP contribution in [0.1, 0.15) is 16.2 Å². The van der Waals surface area contributed by atoms with Crippen molar-refractivity contribution in [1.29, 1.82) is 0 Å². The van der Waals surface area contributed by atoms with Crippen LogP contribution in [-0.4, -0.2) is 30.0 Å². The number of aromatic nitrogens is 2. The van der Waals surface area contributed by atoms with Crippen molar-refractivity contribution in [2.45, 2.75) is 6.92 Å². The van der Waals surface area contributed by atoms with Crippen LogP contribution in [0.4, 0.5) is 31.8 Å². The topological polar surface area (TPSA) is 70.2 Å². The van der Waals surface area contributed by atoms with Gasteiger partial charge in [-0.3, -0.25) is 4.79 Å². The Labute approximate surface area is 161 Å². The smallest absolute Gasteiger partial charge is 0.274 e. The van der Waals surface area contributed by atoms with E-state index in [0.717, 1.165) is 17.8 Å². The molecule has 0 unspecified atom stereocenters. The second-order valence-electron chi connectivity index (χ2n) is 6.37. The molecule has 6 nitrogen and oxygen atoms in total. The normalized spacial score (nSPS) is 10.5. The molecule has 0 radical (unpaired) electrons. The number of nitrogens with zero attached hydrogens (tertiary/aromatic N) is 3. The summed E-state index contributed by atoms with van der Waals surface area (Å²) in [5.41, 5.74) is 2.61. The summed E-state index contributed by atoms with van der Waals surface area (Å²) in [5.74, 6) is -2.23. The van der Waals surface area contributed by atoms with E-state index in [1.807, 2.05) is 31.1 Å². The van der Waals surface area contributed by atoms with Gasteiger partial charge in [0.1, 0.15) is 5.69 Å². The van der Waals surface area contributed by atoms with Crippen LogP contribution in [0.5, 0.6) is 0 Å². The zero-order chi connectivity index (χ0) is 20.3. The number of nitrogens with one attached hydrogen (secondary N) is 2. The maximum Gasteiger partial charge on any atom is 0.274 e. The average molecular weight is 383 g/mol. The van der Waals surface area contributed by atoms with Crippen molar-refractivity contribution in [3.63, 3.8) is 0 Å². The predicted molar refractivity (Wildman–Crippen MR) is 105 cm³/mol. The molecule has 1 aromatic heterocycles. The highest BCUT2D eigenvalue weighted by Gasteiger charge is 2.12. The summed E-state index contributed by atoms with van der Waals surface area (Å²) in [5, 5.41) is 5.55. The minimum atomic E-state index is -0.989. The van der Waals surface area contributed by atoms with Crippen molar-refractivity contribution >= 4 is 28.9 Å². The molecular weight excluding hydrogens is 364 g/mol. The van der Waals surface area contributed by atoms with Gasteiger partial charge in [-0.1, -0.05) is 0 Å². The fourth-order valence-corrected chi connectivity index (χ4v) is 2.48. The molecule has 28 heavy (non-hydrogen) atoms. The highest BCUT2D eigenvalue weighted by molar-refractivity contribution is 6.03. The first kappa shape index (κ1) is 19.2. The van der Waals surface area contributed by atoms with Gasteiger partial charge in [-0.25, -0.2) is 18.7 Å². The molecule has 0 saturated carbocycles. The SMILES string of the molecule is Cc1cc(C(=O)Nc2ccc(N(C)C)cc2)nc(Nc2ccc(F)c(F)c2)n1. The Morgan fingerprint density at radius 3 is 2.25 bits per heavy atom. The van der Waals surface area contributed by atoms with E-state index >= 15 is 0 Å². The van der Waals surface area contributed by atoms with Gasteiger partial charge in [0.05, 0.1) is 0 Å². The van der Waals surface area contributed by atoms with Gasteiger partial charge in [0.2, 0.25) is 5.95 Å². The number of aryl methyl sites for hydroxylation is 1. The van der Waals surface area contributed by atoms with Crippen LogP contribution in [0.15, 0.2) is 48.5 Å². The van der Waals surface area contributed by atoms with Gasteiger partial charge >= 0.3 is 0 Å². The number of benzene rings is 2. The first-order valence-electron chi connectivity index (χ1n) is 8.48. The standard InChI is InChI=1S/C20H19F2N5O/c1-12-10-18(19(28)24-13-4-7-15(8-5-13)27(2)3)26-20(23-12)25-14-6-9-16(21)17(22)11-14/h4-11H,1-3H3,(H,24,28)(H,23,25,26).